The first-order chi connectivity index (χ1) is 13.4. The van der Waals surface area contributed by atoms with Gasteiger partial charge in [-0.05, 0) is 48.5 Å². The Morgan fingerprint density at radius 2 is 1.89 bits per heavy atom. The molecule has 0 saturated carbocycles. The Labute approximate surface area is 161 Å². The van der Waals surface area contributed by atoms with Crippen molar-refractivity contribution in [1.82, 2.24) is 15.0 Å². The number of hydrogen-bond acceptors (Lipinski definition) is 5. The number of rotatable bonds is 8. The normalized spacial score (nSPS) is 11.3. The van der Waals surface area contributed by atoms with E-state index in [0.29, 0.717) is 11.5 Å². The Hall–Kier alpha value is -3.04. The summed E-state index contributed by atoms with van der Waals surface area (Å²) in [6.45, 7) is 0.122. The van der Waals surface area contributed by atoms with Gasteiger partial charge in [0.15, 0.2) is 0 Å². The second-order valence-electron chi connectivity index (χ2n) is 5.89. The maximum atomic E-state index is 13.0. The van der Waals surface area contributed by atoms with Crippen molar-refractivity contribution in [3.63, 3.8) is 0 Å². The summed E-state index contributed by atoms with van der Waals surface area (Å²) in [5.74, 6) is 0.438. The second kappa shape index (κ2) is 8.77. The summed E-state index contributed by atoms with van der Waals surface area (Å²) in [5, 5.41) is 2.66. The molecular formula is C19H18FN3O4S. The van der Waals surface area contributed by atoms with Crippen LogP contribution in [0.5, 0.6) is 0 Å². The lowest BCUT2D eigenvalue weighted by atomic mass is 10.2. The minimum absolute atomic E-state index is 0.0228. The molecule has 2 aromatic heterocycles. The van der Waals surface area contributed by atoms with Gasteiger partial charge >= 0.3 is 0 Å². The Morgan fingerprint density at radius 1 is 1.11 bits per heavy atom. The smallest absolute Gasteiger partial charge is 0.242 e. The molecule has 3 rings (SSSR count). The van der Waals surface area contributed by atoms with Gasteiger partial charge in [-0.25, -0.2) is 17.5 Å². The molecule has 0 aliphatic rings. The molecule has 9 heteroatoms. The third-order valence-corrected chi connectivity index (χ3v) is 5.29. The van der Waals surface area contributed by atoms with Gasteiger partial charge in [-0.3, -0.25) is 9.78 Å². The molecule has 0 unspecified atom stereocenters. The van der Waals surface area contributed by atoms with Crippen LogP contribution in [0.25, 0.3) is 11.3 Å². The lowest BCUT2D eigenvalue weighted by Gasteiger charge is -2.06. The van der Waals surface area contributed by atoms with Crippen LogP contribution in [-0.4, -0.2) is 25.9 Å². The van der Waals surface area contributed by atoms with Gasteiger partial charge in [-0.2, -0.15) is 0 Å². The van der Waals surface area contributed by atoms with Gasteiger partial charge in [0.05, 0.1) is 6.54 Å². The number of furan rings is 1. The minimum Gasteiger partial charge on any atom is -0.459 e. The van der Waals surface area contributed by atoms with E-state index in [1.54, 1.807) is 24.3 Å². The average Bonchev–Trinajstić information content (AvgIpc) is 3.16. The summed E-state index contributed by atoms with van der Waals surface area (Å²) in [4.78, 5) is 15.7. The van der Waals surface area contributed by atoms with Gasteiger partial charge in [0.1, 0.15) is 22.2 Å². The third-order valence-electron chi connectivity index (χ3n) is 3.84. The van der Waals surface area contributed by atoms with E-state index in [0.717, 1.165) is 5.56 Å². The van der Waals surface area contributed by atoms with E-state index >= 15 is 0 Å². The summed E-state index contributed by atoms with van der Waals surface area (Å²) in [6, 6.07) is 12.3. The van der Waals surface area contributed by atoms with Crippen LogP contribution < -0.4 is 10.0 Å². The maximum Gasteiger partial charge on any atom is 0.242 e. The summed E-state index contributed by atoms with van der Waals surface area (Å²) in [5.41, 5.74) is 0.726. The molecule has 1 aromatic carbocycles. The molecule has 3 aromatic rings. The largest absolute Gasteiger partial charge is 0.459 e. The molecular weight excluding hydrogens is 385 g/mol. The first-order valence-corrected chi connectivity index (χ1v) is 9.93. The van der Waals surface area contributed by atoms with Crippen LogP contribution in [0, 0.1) is 5.82 Å². The van der Waals surface area contributed by atoms with Gasteiger partial charge in [-0.1, -0.05) is 0 Å². The summed E-state index contributed by atoms with van der Waals surface area (Å²) < 4.78 is 45.0. The van der Waals surface area contributed by atoms with E-state index in [9.17, 15) is 17.6 Å². The van der Waals surface area contributed by atoms with Crippen LogP contribution >= 0.6 is 0 Å². The van der Waals surface area contributed by atoms with Gasteiger partial charge < -0.3 is 9.73 Å². The number of benzene rings is 1. The summed E-state index contributed by atoms with van der Waals surface area (Å²) in [6.07, 6.45) is 2.69. The molecule has 2 N–H and O–H groups in total. The Bertz CT molecular complexity index is 1030. The molecule has 0 aliphatic heterocycles. The van der Waals surface area contributed by atoms with Gasteiger partial charge in [-0.15, -0.1) is 0 Å². The molecule has 0 fully saturated rings. The molecule has 0 saturated heterocycles. The van der Waals surface area contributed by atoms with E-state index in [4.69, 9.17) is 4.42 Å². The van der Waals surface area contributed by atoms with Crippen molar-refractivity contribution in [2.75, 3.05) is 6.54 Å². The quantitative estimate of drug-likeness (QED) is 0.602. The van der Waals surface area contributed by atoms with Crippen LogP contribution in [0.3, 0.4) is 0 Å². The molecule has 7 nitrogen and oxygen atoms in total. The fourth-order valence-corrected chi connectivity index (χ4v) is 3.40. The Balaban J connectivity index is 1.45. The Kier molecular flexibility index (Phi) is 6.17. The number of amides is 1. The van der Waals surface area contributed by atoms with E-state index in [-0.39, 0.29) is 36.1 Å². The van der Waals surface area contributed by atoms with Crippen molar-refractivity contribution in [3.05, 3.63) is 72.5 Å². The minimum atomic E-state index is -3.69. The van der Waals surface area contributed by atoms with E-state index in [2.05, 4.69) is 15.0 Å². The van der Waals surface area contributed by atoms with Crippen molar-refractivity contribution < 1.29 is 22.0 Å². The van der Waals surface area contributed by atoms with Gasteiger partial charge in [0.2, 0.25) is 15.9 Å². The zero-order valence-corrected chi connectivity index (χ0v) is 15.6. The number of sulfonamides is 1. The molecule has 146 valence electrons. The lowest BCUT2D eigenvalue weighted by molar-refractivity contribution is -0.121. The first-order valence-electron chi connectivity index (χ1n) is 8.45. The molecule has 1 amide bonds. The highest BCUT2D eigenvalue weighted by Gasteiger charge is 2.14. The predicted octanol–water partition coefficient (Wildman–Crippen LogP) is 2.47. The van der Waals surface area contributed by atoms with Crippen LogP contribution in [0.15, 0.2) is 70.2 Å². The number of aromatic nitrogens is 1. The first kappa shape index (κ1) is 19.7. The van der Waals surface area contributed by atoms with Crippen LogP contribution in [0.4, 0.5) is 4.39 Å². The third kappa shape index (κ3) is 5.24. The van der Waals surface area contributed by atoms with Crippen molar-refractivity contribution >= 4 is 15.9 Å². The van der Waals surface area contributed by atoms with E-state index in [1.165, 1.54) is 36.7 Å². The number of nitrogens with zero attached hydrogens (tertiary/aromatic N) is 1. The maximum absolute atomic E-state index is 13.0. The lowest BCUT2D eigenvalue weighted by Crippen LogP contribution is -2.30. The molecule has 0 spiro atoms. The molecule has 28 heavy (non-hydrogen) atoms. The van der Waals surface area contributed by atoms with Crippen molar-refractivity contribution in [1.29, 1.82) is 0 Å². The predicted molar refractivity (Wildman–Crippen MR) is 100.0 cm³/mol. The molecule has 0 aliphatic carbocycles. The molecule has 0 radical (unpaired) electrons. The van der Waals surface area contributed by atoms with Crippen molar-refractivity contribution in [3.8, 4) is 11.3 Å². The van der Waals surface area contributed by atoms with Crippen LogP contribution in [0.2, 0.25) is 0 Å². The van der Waals surface area contributed by atoms with Crippen molar-refractivity contribution in [2.24, 2.45) is 0 Å². The molecule has 2 heterocycles. The highest BCUT2D eigenvalue weighted by molar-refractivity contribution is 7.89. The van der Waals surface area contributed by atoms with Crippen molar-refractivity contribution in [2.45, 2.75) is 17.9 Å². The average molecular weight is 403 g/mol. The fourth-order valence-electron chi connectivity index (χ4n) is 2.40. The topological polar surface area (TPSA) is 101 Å². The monoisotopic (exact) mass is 403 g/mol. The van der Waals surface area contributed by atoms with Crippen LogP contribution in [0.1, 0.15) is 12.2 Å². The Morgan fingerprint density at radius 3 is 2.61 bits per heavy atom. The summed E-state index contributed by atoms with van der Waals surface area (Å²) in [7, 11) is -3.69. The number of carbonyl (C=O) groups is 1. The highest BCUT2D eigenvalue weighted by Crippen LogP contribution is 2.22. The molecule has 0 atom stereocenters. The molecule has 0 bridgehead atoms. The van der Waals surface area contributed by atoms with E-state index in [1.807, 2.05) is 0 Å². The SMILES string of the molecule is O=C(CCNS(=O)(=O)c1cccnc1)NCc1ccc(-c2ccc(F)cc2)o1. The number of nitrogens with one attached hydrogen (secondary N) is 2. The van der Waals surface area contributed by atoms with Gasteiger partial charge in [0, 0.05) is 30.9 Å². The fraction of sp³-hybridized carbons (Fsp3) is 0.158. The number of carbonyl (C=O) groups excluding carboxylic acids is 1. The zero-order chi connectivity index (χ0) is 20.0. The standard InChI is InChI=1S/C19H18FN3O4S/c20-15-5-3-14(4-6-15)18-8-7-16(27-18)12-22-19(24)9-11-23-28(25,26)17-2-1-10-21-13-17/h1-8,10,13,23H,9,11-12H2,(H,22,24). The number of halogens is 1. The van der Waals surface area contributed by atoms with Crippen LogP contribution in [-0.2, 0) is 21.4 Å². The van der Waals surface area contributed by atoms with Gasteiger partial charge in [0.25, 0.3) is 0 Å². The summed E-state index contributed by atoms with van der Waals surface area (Å²) >= 11 is 0. The second-order valence-corrected chi connectivity index (χ2v) is 7.65. The van der Waals surface area contributed by atoms with E-state index < -0.39 is 10.0 Å². The zero-order valence-electron chi connectivity index (χ0n) is 14.8. The highest BCUT2D eigenvalue weighted by atomic mass is 32.2. The number of hydrogen-bond donors (Lipinski definition) is 2. The number of pyridine rings is 1.